The molecule has 0 fully saturated rings. The molecule has 0 saturated carbocycles. The third-order valence-electron chi connectivity index (χ3n) is 3.44. The standard InChI is InChI=1S/C16H19F3N4S/c1-10-11(2)24-14(23-10)9-22-15(20-3)21-8-12-4-6-13(7-5-12)16(17,18)19/h4-7H,8-9H2,1-3H3,(H2,20,21,22). The normalized spacial score (nSPS) is 12.3. The second kappa shape index (κ2) is 7.65. The van der Waals surface area contributed by atoms with Crippen LogP contribution in [0, 0.1) is 13.8 Å². The Bertz CT molecular complexity index is 686. The van der Waals surface area contributed by atoms with Crippen molar-refractivity contribution in [3.63, 3.8) is 0 Å². The predicted octanol–water partition coefficient (Wildman–Crippen LogP) is 3.64. The van der Waals surface area contributed by atoms with Crippen molar-refractivity contribution in [1.29, 1.82) is 0 Å². The van der Waals surface area contributed by atoms with Gasteiger partial charge in [-0.1, -0.05) is 12.1 Å². The first-order valence-corrected chi connectivity index (χ1v) is 8.15. The smallest absolute Gasteiger partial charge is 0.352 e. The molecule has 0 radical (unpaired) electrons. The summed E-state index contributed by atoms with van der Waals surface area (Å²) in [5.74, 6) is 0.570. The van der Waals surface area contributed by atoms with Crippen LogP contribution in [0.2, 0.25) is 0 Å². The lowest BCUT2D eigenvalue weighted by Crippen LogP contribution is -2.36. The lowest BCUT2D eigenvalue weighted by atomic mass is 10.1. The maximum atomic E-state index is 12.5. The van der Waals surface area contributed by atoms with Crippen LogP contribution in [-0.4, -0.2) is 18.0 Å². The molecule has 1 heterocycles. The number of alkyl halides is 3. The molecule has 130 valence electrons. The lowest BCUT2D eigenvalue weighted by molar-refractivity contribution is -0.137. The highest BCUT2D eigenvalue weighted by atomic mass is 32.1. The second-order valence-corrected chi connectivity index (χ2v) is 6.51. The van der Waals surface area contributed by atoms with E-state index < -0.39 is 11.7 Å². The van der Waals surface area contributed by atoms with E-state index in [-0.39, 0.29) is 0 Å². The molecule has 0 bridgehead atoms. The van der Waals surface area contributed by atoms with E-state index in [4.69, 9.17) is 0 Å². The van der Waals surface area contributed by atoms with E-state index >= 15 is 0 Å². The van der Waals surface area contributed by atoms with Crippen molar-refractivity contribution < 1.29 is 13.2 Å². The Morgan fingerprint density at radius 3 is 2.25 bits per heavy atom. The quantitative estimate of drug-likeness (QED) is 0.649. The average molecular weight is 356 g/mol. The number of aryl methyl sites for hydroxylation is 2. The number of halogens is 3. The van der Waals surface area contributed by atoms with Gasteiger partial charge in [-0.15, -0.1) is 11.3 Å². The number of thiazole rings is 1. The van der Waals surface area contributed by atoms with Crippen molar-refractivity contribution in [2.75, 3.05) is 7.05 Å². The highest BCUT2D eigenvalue weighted by molar-refractivity contribution is 7.11. The van der Waals surface area contributed by atoms with E-state index in [1.165, 1.54) is 17.0 Å². The zero-order valence-corrected chi connectivity index (χ0v) is 14.5. The zero-order chi connectivity index (χ0) is 17.7. The summed E-state index contributed by atoms with van der Waals surface area (Å²) in [7, 11) is 1.64. The fraction of sp³-hybridized carbons (Fsp3) is 0.375. The Kier molecular flexibility index (Phi) is 5.82. The Morgan fingerprint density at radius 2 is 1.75 bits per heavy atom. The second-order valence-electron chi connectivity index (χ2n) is 5.22. The summed E-state index contributed by atoms with van der Waals surface area (Å²) in [6.07, 6.45) is -4.31. The van der Waals surface area contributed by atoms with Crippen LogP contribution in [-0.2, 0) is 19.3 Å². The van der Waals surface area contributed by atoms with Gasteiger partial charge in [-0.05, 0) is 31.5 Å². The van der Waals surface area contributed by atoms with Crippen molar-refractivity contribution in [3.8, 4) is 0 Å². The van der Waals surface area contributed by atoms with Gasteiger partial charge in [-0.2, -0.15) is 13.2 Å². The first-order chi connectivity index (χ1) is 11.3. The van der Waals surface area contributed by atoms with Gasteiger partial charge in [0.2, 0.25) is 0 Å². The SMILES string of the molecule is CN=C(NCc1ccc(C(F)(F)F)cc1)NCc1nc(C)c(C)s1. The molecule has 8 heteroatoms. The fourth-order valence-corrected chi connectivity index (χ4v) is 2.87. The van der Waals surface area contributed by atoms with Crippen LogP contribution < -0.4 is 10.6 Å². The van der Waals surface area contributed by atoms with Crippen LogP contribution in [0.3, 0.4) is 0 Å². The Labute approximate surface area is 142 Å². The molecule has 0 amide bonds. The third-order valence-corrected chi connectivity index (χ3v) is 4.52. The Morgan fingerprint density at radius 1 is 1.12 bits per heavy atom. The van der Waals surface area contributed by atoms with E-state index in [1.807, 2.05) is 13.8 Å². The third kappa shape index (κ3) is 4.95. The minimum absolute atomic E-state index is 0.383. The molecular weight excluding hydrogens is 337 g/mol. The number of benzene rings is 1. The van der Waals surface area contributed by atoms with Crippen LogP contribution >= 0.6 is 11.3 Å². The maximum absolute atomic E-state index is 12.5. The van der Waals surface area contributed by atoms with Crippen molar-refractivity contribution in [3.05, 3.63) is 51.0 Å². The molecule has 1 aromatic carbocycles. The fourth-order valence-electron chi connectivity index (χ4n) is 1.99. The van der Waals surface area contributed by atoms with Crippen LogP contribution in [0.1, 0.15) is 26.7 Å². The van der Waals surface area contributed by atoms with Crippen LogP contribution in [0.25, 0.3) is 0 Å². The Balaban J connectivity index is 1.87. The number of aliphatic imine (C=N–C) groups is 1. The summed E-state index contributed by atoms with van der Waals surface area (Å²) in [5, 5.41) is 7.17. The molecule has 0 aliphatic rings. The molecule has 0 aliphatic heterocycles. The van der Waals surface area contributed by atoms with Gasteiger partial charge in [-0.3, -0.25) is 4.99 Å². The van der Waals surface area contributed by atoms with Crippen molar-refractivity contribution in [2.45, 2.75) is 33.1 Å². The molecule has 0 saturated heterocycles. The summed E-state index contributed by atoms with van der Waals surface area (Å²) in [6.45, 7) is 4.92. The molecular formula is C16H19F3N4S. The van der Waals surface area contributed by atoms with Crippen molar-refractivity contribution in [1.82, 2.24) is 15.6 Å². The van der Waals surface area contributed by atoms with Gasteiger partial charge < -0.3 is 10.6 Å². The van der Waals surface area contributed by atoms with Crippen LogP contribution in [0.5, 0.6) is 0 Å². The summed E-state index contributed by atoms with van der Waals surface area (Å²) in [6, 6.07) is 5.07. The van der Waals surface area contributed by atoms with Gasteiger partial charge in [0.15, 0.2) is 5.96 Å². The number of rotatable bonds is 4. The molecule has 0 atom stereocenters. The van der Waals surface area contributed by atoms with Crippen LogP contribution in [0.4, 0.5) is 13.2 Å². The van der Waals surface area contributed by atoms with E-state index in [0.717, 1.165) is 28.4 Å². The molecule has 2 N–H and O–H groups in total. The molecule has 2 rings (SSSR count). The number of guanidine groups is 1. The van der Waals surface area contributed by atoms with Gasteiger partial charge in [0, 0.05) is 18.5 Å². The predicted molar refractivity (Wildman–Crippen MR) is 90.1 cm³/mol. The van der Waals surface area contributed by atoms with E-state index in [9.17, 15) is 13.2 Å². The highest BCUT2D eigenvalue weighted by Crippen LogP contribution is 2.29. The molecule has 24 heavy (non-hydrogen) atoms. The van der Waals surface area contributed by atoms with Gasteiger partial charge >= 0.3 is 6.18 Å². The first kappa shape index (κ1) is 18.3. The maximum Gasteiger partial charge on any atom is 0.416 e. The first-order valence-electron chi connectivity index (χ1n) is 7.33. The average Bonchev–Trinajstić information content (AvgIpc) is 2.85. The van der Waals surface area contributed by atoms with Gasteiger partial charge in [0.25, 0.3) is 0 Å². The number of hydrogen-bond donors (Lipinski definition) is 2. The lowest BCUT2D eigenvalue weighted by Gasteiger charge is -2.12. The minimum Gasteiger partial charge on any atom is -0.352 e. The van der Waals surface area contributed by atoms with Crippen LogP contribution in [0.15, 0.2) is 29.3 Å². The van der Waals surface area contributed by atoms with Crippen molar-refractivity contribution >= 4 is 17.3 Å². The summed E-state index contributed by atoms with van der Waals surface area (Å²) in [4.78, 5) is 9.71. The molecule has 4 nitrogen and oxygen atoms in total. The molecule has 1 aromatic heterocycles. The largest absolute Gasteiger partial charge is 0.416 e. The van der Waals surface area contributed by atoms with E-state index in [1.54, 1.807) is 18.4 Å². The molecule has 0 spiro atoms. The topological polar surface area (TPSA) is 49.3 Å². The molecule has 0 unspecified atom stereocenters. The van der Waals surface area contributed by atoms with Crippen molar-refractivity contribution in [2.24, 2.45) is 4.99 Å². The summed E-state index contributed by atoms with van der Waals surface area (Å²) >= 11 is 1.62. The summed E-state index contributed by atoms with van der Waals surface area (Å²) in [5.41, 5.74) is 1.11. The number of nitrogens with one attached hydrogen (secondary N) is 2. The van der Waals surface area contributed by atoms with Gasteiger partial charge in [-0.25, -0.2) is 4.98 Å². The molecule has 2 aromatic rings. The van der Waals surface area contributed by atoms with Gasteiger partial charge in [0.05, 0.1) is 17.8 Å². The molecule has 0 aliphatic carbocycles. The van der Waals surface area contributed by atoms with E-state index in [0.29, 0.717) is 19.0 Å². The Hall–Kier alpha value is -2.09. The number of hydrogen-bond acceptors (Lipinski definition) is 3. The minimum atomic E-state index is -4.31. The monoisotopic (exact) mass is 356 g/mol. The zero-order valence-electron chi connectivity index (χ0n) is 13.7. The highest BCUT2D eigenvalue weighted by Gasteiger charge is 2.29. The summed E-state index contributed by atoms with van der Waals surface area (Å²) < 4.78 is 37.6. The number of aromatic nitrogens is 1. The van der Waals surface area contributed by atoms with E-state index in [2.05, 4.69) is 20.6 Å². The number of nitrogens with zero attached hydrogens (tertiary/aromatic N) is 2. The van der Waals surface area contributed by atoms with Gasteiger partial charge in [0.1, 0.15) is 5.01 Å².